The van der Waals surface area contributed by atoms with Crippen LogP contribution in [0.15, 0.2) is 108 Å². The SMILES string of the molecule is COCCCNC(=O)[C@H](c1ccccc1)N(Cc1ccc(F)cc1)C(=O)COc1ccc(S(=O)(=O)Nc2ccc(F)cc2)cc1. The van der Waals surface area contributed by atoms with Gasteiger partial charge in [-0.2, -0.15) is 0 Å². The molecule has 0 spiro atoms. The zero-order valence-electron chi connectivity index (χ0n) is 24.5. The molecule has 45 heavy (non-hydrogen) atoms. The van der Waals surface area contributed by atoms with Crippen molar-refractivity contribution in [3.05, 3.63) is 126 Å². The van der Waals surface area contributed by atoms with Crippen molar-refractivity contribution < 1.29 is 36.3 Å². The van der Waals surface area contributed by atoms with Crippen molar-refractivity contribution in [3.63, 3.8) is 0 Å². The molecule has 4 rings (SSSR count). The third kappa shape index (κ3) is 9.59. The maximum Gasteiger partial charge on any atom is 0.261 e. The van der Waals surface area contributed by atoms with Crippen molar-refractivity contribution in [2.75, 3.05) is 31.6 Å². The Morgan fingerprint density at radius 1 is 0.844 bits per heavy atom. The standard InChI is InChI=1S/C33H33F2N3O6S/c1-43-21-5-20-36-33(40)32(25-6-3-2-4-7-25)38(22-24-8-10-26(34)11-9-24)31(39)23-44-29-16-18-30(19-17-29)45(41,42)37-28-14-12-27(35)13-15-28/h2-4,6-19,32,37H,5,20-23H2,1H3,(H,36,40)/t32-/m0/s1. The largest absolute Gasteiger partial charge is 0.484 e. The van der Waals surface area contributed by atoms with Crippen LogP contribution >= 0.6 is 0 Å². The van der Waals surface area contributed by atoms with E-state index in [0.717, 1.165) is 12.1 Å². The summed E-state index contributed by atoms with van der Waals surface area (Å²) < 4.78 is 65.5. The zero-order valence-corrected chi connectivity index (χ0v) is 25.3. The number of amides is 2. The number of carbonyl (C=O) groups is 2. The van der Waals surface area contributed by atoms with Crippen molar-refractivity contribution in [1.82, 2.24) is 10.2 Å². The van der Waals surface area contributed by atoms with Gasteiger partial charge in [-0.3, -0.25) is 14.3 Å². The lowest BCUT2D eigenvalue weighted by molar-refractivity contribution is -0.143. The lowest BCUT2D eigenvalue weighted by atomic mass is 10.0. The molecule has 0 bridgehead atoms. The maximum absolute atomic E-state index is 13.7. The first-order chi connectivity index (χ1) is 21.7. The van der Waals surface area contributed by atoms with E-state index in [4.69, 9.17) is 9.47 Å². The number of carbonyl (C=O) groups excluding carboxylic acids is 2. The number of ether oxygens (including phenoxy) is 2. The number of halogens is 2. The summed E-state index contributed by atoms with van der Waals surface area (Å²) in [5, 5.41) is 2.87. The van der Waals surface area contributed by atoms with E-state index in [0.29, 0.717) is 30.7 Å². The number of sulfonamides is 1. The number of anilines is 1. The molecule has 0 unspecified atom stereocenters. The fraction of sp³-hybridized carbons (Fsp3) is 0.212. The molecule has 0 aliphatic carbocycles. The van der Waals surface area contributed by atoms with Crippen LogP contribution < -0.4 is 14.8 Å². The predicted molar refractivity (Wildman–Crippen MR) is 165 cm³/mol. The molecule has 2 N–H and O–H groups in total. The normalized spacial score (nSPS) is 11.8. The fourth-order valence-electron chi connectivity index (χ4n) is 4.42. The molecule has 0 aliphatic rings. The molecule has 4 aromatic carbocycles. The van der Waals surface area contributed by atoms with Crippen LogP contribution in [-0.2, 0) is 30.9 Å². The quantitative estimate of drug-likeness (QED) is 0.176. The second-order valence-electron chi connectivity index (χ2n) is 9.97. The molecule has 0 radical (unpaired) electrons. The molecule has 0 saturated carbocycles. The number of hydrogen-bond acceptors (Lipinski definition) is 6. The van der Waals surface area contributed by atoms with Crippen molar-refractivity contribution in [3.8, 4) is 5.75 Å². The van der Waals surface area contributed by atoms with E-state index in [1.54, 1.807) is 37.4 Å². The summed E-state index contributed by atoms with van der Waals surface area (Å²) >= 11 is 0. The van der Waals surface area contributed by atoms with Crippen LogP contribution in [0.2, 0.25) is 0 Å². The number of hydrogen-bond donors (Lipinski definition) is 2. The van der Waals surface area contributed by atoms with Crippen molar-refractivity contribution in [2.24, 2.45) is 0 Å². The van der Waals surface area contributed by atoms with E-state index >= 15 is 0 Å². The lowest BCUT2D eigenvalue weighted by Gasteiger charge is -2.31. The van der Waals surface area contributed by atoms with Gasteiger partial charge in [-0.25, -0.2) is 17.2 Å². The van der Waals surface area contributed by atoms with Crippen molar-refractivity contribution in [1.29, 1.82) is 0 Å². The van der Waals surface area contributed by atoms with E-state index in [1.165, 1.54) is 65.6 Å². The summed E-state index contributed by atoms with van der Waals surface area (Å²) in [4.78, 5) is 28.5. The second kappa shape index (κ2) is 15.8. The molecule has 4 aromatic rings. The van der Waals surface area contributed by atoms with Gasteiger partial charge in [-0.15, -0.1) is 0 Å². The molecule has 12 heteroatoms. The van der Waals surface area contributed by atoms with Gasteiger partial charge in [0.1, 0.15) is 23.4 Å². The van der Waals surface area contributed by atoms with Gasteiger partial charge in [0.2, 0.25) is 5.91 Å². The number of nitrogens with one attached hydrogen (secondary N) is 2. The van der Waals surface area contributed by atoms with Gasteiger partial charge in [-0.1, -0.05) is 42.5 Å². The molecule has 0 aromatic heterocycles. The Labute approximate surface area is 260 Å². The third-order valence-electron chi connectivity index (χ3n) is 6.68. The number of benzene rings is 4. The zero-order chi connectivity index (χ0) is 32.2. The number of methoxy groups -OCH3 is 1. The minimum absolute atomic E-state index is 0.0141. The Morgan fingerprint density at radius 2 is 1.47 bits per heavy atom. The monoisotopic (exact) mass is 637 g/mol. The van der Waals surface area contributed by atoms with E-state index < -0.39 is 46.1 Å². The van der Waals surface area contributed by atoms with Crippen molar-refractivity contribution in [2.45, 2.75) is 23.9 Å². The van der Waals surface area contributed by atoms with Crippen LogP contribution in [0, 0.1) is 11.6 Å². The average Bonchev–Trinajstić information content (AvgIpc) is 3.04. The third-order valence-corrected chi connectivity index (χ3v) is 8.08. The van der Waals surface area contributed by atoms with E-state index in [-0.39, 0.29) is 22.9 Å². The maximum atomic E-state index is 13.7. The molecule has 0 saturated heterocycles. The number of nitrogens with zero attached hydrogens (tertiary/aromatic N) is 1. The molecule has 1 atom stereocenters. The van der Waals surface area contributed by atoms with Gasteiger partial charge >= 0.3 is 0 Å². The summed E-state index contributed by atoms with van der Waals surface area (Å²) in [7, 11) is -2.41. The van der Waals surface area contributed by atoms with Crippen LogP contribution in [0.3, 0.4) is 0 Å². The first-order valence-electron chi connectivity index (χ1n) is 14.0. The Balaban J connectivity index is 1.53. The van der Waals surface area contributed by atoms with E-state index in [1.807, 2.05) is 0 Å². The molecular weight excluding hydrogens is 604 g/mol. The van der Waals surface area contributed by atoms with E-state index in [2.05, 4.69) is 10.0 Å². The summed E-state index contributed by atoms with van der Waals surface area (Å²) in [6.07, 6.45) is 0.573. The van der Waals surface area contributed by atoms with Gasteiger partial charge in [0.25, 0.3) is 15.9 Å². The molecule has 0 aliphatic heterocycles. The lowest BCUT2D eigenvalue weighted by Crippen LogP contribution is -2.45. The molecule has 236 valence electrons. The molecule has 0 heterocycles. The summed E-state index contributed by atoms with van der Waals surface area (Å²) in [6, 6.07) is 23.7. The highest BCUT2D eigenvalue weighted by atomic mass is 32.2. The number of rotatable bonds is 15. The van der Waals surface area contributed by atoms with Crippen molar-refractivity contribution >= 4 is 27.5 Å². The van der Waals surface area contributed by atoms with E-state index in [9.17, 15) is 26.8 Å². The Kier molecular flexibility index (Phi) is 11.6. The summed E-state index contributed by atoms with van der Waals surface area (Å²) in [5.74, 6) is -1.66. The predicted octanol–water partition coefficient (Wildman–Crippen LogP) is 5.07. The van der Waals surface area contributed by atoms with Crippen LogP contribution in [-0.4, -0.2) is 52.0 Å². The van der Waals surface area contributed by atoms with Crippen LogP contribution in [0.5, 0.6) is 5.75 Å². The highest BCUT2D eigenvalue weighted by molar-refractivity contribution is 7.92. The van der Waals surface area contributed by atoms with Gasteiger partial charge in [-0.05, 0) is 78.2 Å². The smallest absolute Gasteiger partial charge is 0.261 e. The fourth-order valence-corrected chi connectivity index (χ4v) is 5.48. The minimum Gasteiger partial charge on any atom is -0.484 e. The molecular formula is C33H33F2N3O6S. The van der Waals surface area contributed by atoms with Gasteiger partial charge in [0, 0.05) is 32.5 Å². The van der Waals surface area contributed by atoms with Gasteiger partial charge < -0.3 is 19.7 Å². The van der Waals surface area contributed by atoms with Crippen LogP contribution in [0.25, 0.3) is 0 Å². The molecule has 2 amide bonds. The Morgan fingerprint density at radius 3 is 2.09 bits per heavy atom. The van der Waals surface area contributed by atoms with Crippen LogP contribution in [0.4, 0.5) is 14.5 Å². The summed E-state index contributed by atoms with van der Waals surface area (Å²) in [6.45, 7) is 0.294. The first-order valence-corrected chi connectivity index (χ1v) is 15.5. The first kappa shape index (κ1) is 33.1. The minimum atomic E-state index is -3.97. The van der Waals surface area contributed by atoms with Gasteiger partial charge in [0.05, 0.1) is 4.90 Å². The van der Waals surface area contributed by atoms with Crippen LogP contribution in [0.1, 0.15) is 23.6 Å². The topological polar surface area (TPSA) is 114 Å². The Hall–Kier alpha value is -4.81. The Bertz CT molecular complexity index is 1650. The average molecular weight is 638 g/mol. The summed E-state index contributed by atoms with van der Waals surface area (Å²) in [5.41, 5.74) is 1.36. The highest BCUT2D eigenvalue weighted by Gasteiger charge is 2.31. The highest BCUT2D eigenvalue weighted by Crippen LogP contribution is 2.25. The second-order valence-corrected chi connectivity index (χ2v) is 11.7. The molecule has 0 fully saturated rings. The van der Waals surface area contributed by atoms with Gasteiger partial charge in [0.15, 0.2) is 6.61 Å². The molecule has 9 nitrogen and oxygen atoms in total.